The van der Waals surface area contributed by atoms with Gasteiger partial charge < -0.3 is 15.5 Å². The lowest BCUT2D eigenvalue weighted by Gasteiger charge is -2.42. The second-order valence-corrected chi connectivity index (χ2v) is 8.14. The van der Waals surface area contributed by atoms with Gasteiger partial charge in [0.1, 0.15) is 0 Å². The zero-order valence-electron chi connectivity index (χ0n) is 14.6. The summed E-state index contributed by atoms with van der Waals surface area (Å²) >= 11 is 6.17. The first-order valence-corrected chi connectivity index (χ1v) is 9.72. The van der Waals surface area contributed by atoms with E-state index >= 15 is 0 Å². The number of rotatable bonds is 2. The summed E-state index contributed by atoms with van der Waals surface area (Å²) in [7, 11) is 0. The highest BCUT2D eigenvalue weighted by Gasteiger charge is 2.38. The van der Waals surface area contributed by atoms with Crippen LogP contribution in [-0.2, 0) is 6.42 Å². The second kappa shape index (κ2) is 5.93. The Morgan fingerprint density at radius 3 is 2.96 bits per heavy atom. The maximum atomic E-state index is 6.17. The van der Waals surface area contributed by atoms with E-state index in [0.717, 1.165) is 35.3 Å². The molecule has 1 saturated heterocycles. The Bertz CT molecular complexity index is 832. The Labute approximate surface area is 154 Å². The third kappa shape index (κ3) is 2.61. The third-order valence-electron chi connectivity index (χ3n) is 6.05. The van der Waals surface area contributed by atoms with Gasteiger partial charge in [0.05, 0.1) is 0 Å². The monoisotopic (exact) mass is 353 g/mol. The van der Waals surface area contributed by atoms with Gasteiger partial charge in [-0.05, 0) is 72.7 Å². The molecule has 2 aromatic rings. The van der Waals surface area contributed by atoms with E-state index in [1.807, 2.05) is 6.07 Å². The highest BCUT2D eigenvalue weighted by Crippen LogP contribution is 2.46. The molecule has 130 valence electrons. The topological polar surface area (TPSA) is 27.3 Å². The van der Waals surface area contributed by atoms with Gasteiger partial charge >= 0.3 is 0 Å². The number of nitrogens with zero attached hydrogens (tertiary/aromatic N) is 1. The molecular formula is C21H24ClN3. The summed E-state index contributed by atoms with van der Waals surface area (Å²) in [5.74, 6) is 1.42. The van der Waals surface area contributed by atoms with Crippen molar-refractivity contribution in [1.29, 1.82) is 0 Å². The van der Waals surface area contributed by atoms with E-state index in [1.54, 1.807) is 5.56 Å². The molecule has 5 rings (SSSR count). The van der Waals surface area contributed by atoms with Crippen molar-refractivity contribution in [3.63, 3.8) is 0 Å². The molecule has 1 fully saturated rings. The molecule has 3 heterocycles. The van der Waals surface area contributed by atoms with Crippen molar-refractivity contribution in [1.82, 2.24) is 5.32 Å². The highest BCUT2D eigenvalue weighted by atomic mass is 35.5. The Kier molecular flexibility index (Phi) is 3.68. The molecule has 25 heavy (non-hydrogen) atoms. The molecule has 0 amide bonds. The van der Waals surface area contributed by atoms with Crippen LogP contribution >= 0.6 is 11.6 Å². The summed E-state index contributed by atoms with van der Waals surface area (Å²) in [6, 6.07) is 10.9. The maximum Gasteiger partial charge on any atom is 0.0436 e. The number of halogens is 1. The van der Waals surface area contributed by atoms with Crippen LogP contribution in [-0.4, -0.2) is 26.2 Å². The van der Waals surface area contributed by atoms with Crippen LogP contribution in [0.4, 0.5) is 17.1 Å². The largest absolute Gasteiger partial charge is 0.371 e. The van der Waals surface area contributed by atoms with Crippen LogP contribution in [0.3, 0.4) is 0 Å². The standard InChI is InChI=1S/C21H24ClN3/c1-13-7-16(4-5-20(13)22)24-17-8-14-3-2-6-25-12-15-10-23-11-19(15)18(9-17)21(14)25/h4-5,7-9,15,19,23-24H,2-3,6,10-12H2,1H3/t15-,19-/m1/s1. The van der Waals surface area contributed by atoms with Crippen molar-refractivity contribution >= 4 is 28.7 Å². The second-order valence-electron chi connectivity index (χ2n) is 7.74. The maximum absolute atomic E-state index is 6.17. The minimum Gasteiger partial charge on any atom is -0.371 e. The zero-order valence-corrected chi connectivity index (χ0v) is 15.4. The molecule has 0 spiro atoms. The van der Waals surface area contributed by atoms with Crippen LogP contribution in [0.25, 0.3) is 0 Å². The number of nitrogens with one attached hydrogen (secondary N) is 2. The zero-order chi connectivity index (χ0) is 17.0. The van der Waals surface area contributed by atoms with Crippen molar-refractivity contribution in [2.45, 2.75) is 25.7 Å². The number of fused-ring (bicyclic) bond motifs is 2. The Morgan fingerprint density at radius 2 is 2.08 bits per heavy atom. The molecule has 2 atom stereocenters. The predicted octanol–water partition coefficient (Wildman–Crippen LogP) is 4.46. The average Bonchev–Trinajstić information content (AvgIpc) is 3.07. The van der Waals surface area contributed by atoms with E-state index in [0.29, 0.717) is 5.92 Å². The number of aryl methyl sites for hydroxylation is 2. The SMILES string of the molecule is Cc1cc(Nc2cc3c4c(c2)[C@@H]2CNC[C@@H]2CN4CCC3)ccc1Cl. The van der Waals surface area contributed by atoms with Crippen LogP contribution in [0.1, 0.15) is 29.0 Å². The van der Waals surface area contributed by atoms with E-state index in [9.17, 15) is 0 Å². The van der Waals surface area contributed by atoms with Crippen LogP contribution in [0.5, 0.6) is 0 Å². The first-order valence-electron chi connectivity index (χ1n) is 9.35. The van der Waals surface area contributed by atoms with Gasteiger partial charge in [0.2, 0.25) is 0 Å². The Balaban J connectivity index is 1.56. The summed E-state index contributed by atoms with van der Waals surface area (Å²) in [6.07, 6.45) is 2.46. The predicted molar refractivity (Wildman–Crippen MR) is 106 cm³/mol. The first-order chi connectivity index (χ1) is 12.2. The molecule has 2 aromatic carbocycles. The fourth-order valence-electron chi connectivity index (χ4n) is 4.87. The van der Waals surface area contributed by atoms with Gasteiger partial charge in [0, 0.05) is 54.2 Å². The van der Waals surface area contributed by atoms with E-state index in [-0.39, 0.29) is 0 Å². The minimum atomic E-state index is 0.664. The minimum absolute atomic E-state index is 0.664. The Hall–Kier alpha value is -1.71. The number of hydrogen-bond donors (Lipinski definition) is 2. The van der Waals surface area contributed by atoms with E-state index < -0.39 is 0 Å². The van der Waals surface area contributed by atoms with Gasteiger partial charge in [-0.25, -0.2) is 0 Å². The van der Waals surface area contributed by atoms with Gasteiger partial charge in [-0.2, -0.15) is 0 Å². The fourth-order valence-corrected chi connectivity index (χ4v) is 4.98. The van der Waals surface area contributed by atoms with Gasteiger partial charge in [0.25, 0.3) is 0 Å². The van der Waals surface area contributed by atoms with Crippen LogP contribution < -0.4 is 15.5 Å². The lowest BCUT2D eigenvalue weighted by Crippen LogP contribution is -2.40. The van der Waals surface area contributed by atoms with Crippen molar-refractivity contribution < 1.29 is 0 Å². The molecule has 0 bridgehead atoms. The number of anilines is 3. The molecule has 4 heteroatoms. The highest BCUT2D eigenvalue weighted by molar-refractivity contribution is 6.31. The van der Waals surface area contributed by atoms with Crippen molar-refractivity contribution in [2.75, 3.05) is 36.4 Å². The number of benzene rings is 2. The molecule has 0 saturated carbocycles. The average molecular weight is 354 g/mol. The van der Waals surface area contributed by atoms with Crippen molar-refractivity contribution in [2.24, 2.45) is 5.92 Å². The molecule has 3 aliphatic rings. The molecule has 0 unspecified atom stereocenters. The summed E-state index contributed by atoms with van der Waals surface area (Å²) in [6.45, 7) is 6.77. The smallest absolute Gasteiger partial charge is 0.0436 e. The van der Waals surface area contributed by atoms with E-state index in [1.165, 1.54) is 42.9 Å². The number of hydrogen-bond acceptors (Lipinski definition) is 3. The third-order valence-corrected chi connectivity index (χ3v) is 6.47. The Morgan fingerprint density at radius 1 is 1.16 bits per heavy atom. The van der Waals surface area contributed by atoms with Gasteiger partial charge in [-0.1, -0.05) is 11.6 Å². The summed E-state index contributed by atoms with van der Waals surface area (Å²) in [4.78, 5) is 2.64. The van der Waals surface area contributed by atoms with Crippen LogP contribution in [0.2, 0.25) is 5.02 Å². The quantitative estimate of drug-likeness (QED) is 0.834. The molecule has 0 aliphatic carbocycles. The lowest BCUT2D eigenvalue weighted by atomic mass is 9.80. The van der Waals surface area contributed by atoms with Gasteiger partial charge in [-0.3, -0.25) is 0 Å². The molecule has 3 aliphatic heterocycles. The molecule has 0 radical (unpaired) electrons. The molecule has 0 aromatic heterocycles. The van der Waals surface area contributed by atoms with E-state index in [2.05, 4.69) is 46.7 Å². The summed E-state index contributed by atoms with van der Waals surface area (Å²) < 4.78 is 0. The van der Waals surface area contributed by atoms with Crippen LogP contribution in [0, 0.1) is 12.8 Å². The lowest BCUT2D eigenvalue weighted by molar-refractivity contribution is 0.470. The first kappa shape index (κ1) is 15.5. The summed E-state index contributed by atoms with van der Waals surface area (Å²) in [5, 5.41) is 8.05. The molecule has 3 nitrogen and oxygen atoms in total. The van der Waals surface area contributed by atoms with Gasteiger partial charge in [-0.15, -0.1) is 0 Å². The van der Waals surface area contributed by atoms with Gasteiger partial charge in [0.15, 0.2) is 0 Å². The van der Waals surface area contributed by atoms with E-state index in [4.69, 9.17) is 11.6 Å². The van der Waals surface area contributed by atoms with Crippen LogP contribution in [0.15, 0.2) is 30.3 Å². The molecular weight excluding hydrogens is 330 g/mol. The fraction of sp³-hybridized carbons (Fsp3) is 0.429. The molecule has 2 N–H and O–H groups in total. The summed E-state index contributed by atoms with van der Waals surface area (Å²) in [5.41, 5.74) is 8.03. The van der Waals surface area contributed by atoms with Crippen molar-refractivity contribution in [3.8, 4) is 0 Å². The normalized spacial score (nSPS) is 24.0. The van der Waals surface area contributed by atoms with Crippen molar-refractivity contribution in [3.05, 3.63) is 52.0 Å².